The van der Waals surface area contributed by atoms with Crippen LogP contribution in [0.25, 0.3) is 61.2 Å². The first-order valence-electron chi connectivity index (χ1n) is 18.3. The van der Waals surface area contributed by atoms with E-state index in [0.717, 1.165) is 41.0 Å². The highest BCUT2D eigenvalue weighted by Gasteiger charge is 2.29. The van der Waals surface area contributed by atoms with Gasteiger partial charge in [-0.15, -0.1) is 0 Å². The summed E-state index contributed by atoms with van der Waals surface area (Å²) in [4.78, 5) is 7.57. The van der Waals surface area contributed by atoms with Crippen molar-refractivity contribution in [1.82, 2.24) is 9.55 Å². The molecule has 9 rings (SSSR count). The van der Waals surface area contributed by atoms with Crippen molar-refractivity contribution in [3.63, 3.8) is 0 Å². The summed E-state index contributed by atoms with van der Waals surface area (Å²) in [7, 11) is 0. The van der Waals surface area contributed by atoms with Gasteiger partial charge in [-0.25, -0.2) is 4.98 Å². The summed E-state index contributed by atoms with van der Waals surface area (Å²) < 4.78 is 2.37. The number of anilines is 3. The highest BCUT2D eigenvalue weighted by atomic mass is 15.3. The third kappa shape index (κ3) is 5.35. The summed E-state index contributed by atoms with van der Waals surface area (Å²) in [5, 5.41) is 3.76. The molecule has 2 heterocycles. The van der Waals surface area contributed by atoms with Crippen LogP contribution >= 0.6 is 0 Å². The van der Waals surface area contributed by atoms with Gasteiger partial charge < -0.3 is 10.2 Å². The van der Waals surface area contributed by atoms with Crippen LogP contribution < -0.4 is 10.2 Å². The maximum atomic E-state index is 5.11. The summed E-state index contributed by atoms with van der Waals surface area (Å²) >= 11 is 0. The lowest BCUT2D eigenvalue weighted by atomic mass is 9.82. The van der Waals surface area contributed by atoms with Gasteiger partial charge in [0.2, 0.25) is 0 Å². The van der Waals surface area contributed by atoms with E-state index in [1.165, 1.54) is 56.0 Å². The Morgan fingerprint density at radius 3 is 1.88 bits per heavy atom. The quantitative estimate of drug-likeness (QED) is 0.174. The number of aryl methyl sites for hydroxylation is 1. The van der Waals surface area contributed by atoms with Crippen molar-refractivity contribution in [3.05, 3.63) is 176 Å². The van der Waals surface area contributed by atoms with E-state index in [1.54, 1.807) is 0 Å². The topological polar surface area (TPSA) is 33.1 Å². The van der Waals surface area contributed by atoms with Crippen LogP contribution in [0.3, 0.4) is 0 Å². The molecular weight excluding hydrogens is 633 g/mol. The Kier molecular flexibility index (Phi) is 8.13. The molecule has 1 N–H and O–H groups in total. The molecule has 4 heteroatoms. The minimum atomic E-state index is 0.166. The van der Waals surface area contributed by atoms with Gasteiger partial charge in [-0.2, -0.15) is 0 Å². The lowest BCUT2D eigenvalue weighted by molar-refractivity contribution is 0.728. The number of nitrogens with one attached hydrogen (secondary N) is 1. The van der Waals surface area contributed by atoms with E-state index in [9.17, 15) is 0 Å². The molecule has 4 nitrogen and oxygen atoms in total. The zero-order valence-corrected chi connectivity index (χ0v) is 29.5. The van der Waals surface area contributed by atoms with Gasteiger partial charge in [0.05, 0.1) is 28.1 Å². The first kappa shape index (κ1) is 31.6. The molecule has 52 heavy (non-hydrogen) atoms. The maximum absolute atomic E-state index is 5.11. The van der Waals surface area contributed by atoms with Crippen LogP contribution in [0.1, 0.15) is 26.1 Å². The number of rotatable bonds is 8. The van der Waals surface area contributed by atoms with E-state index in [0.29, 0.717) is 0 Å². The Morgan fingerprint density at radius 1 is 0.538 bits per heavy atom. The fourth-order valence-electron chi connectivity index (χ4n) is 7.99. The summed E-state index contributed by atoms with van der Waals surface area (Å²) in [5.74, 6) is 1.04. The molecule has 0 saturated carbocycles. The average Bonchev–Trinajstić information content (AvgIpc) is 3.79. The van der Waals surface area contributed by atoms with Gasteiger partial charge in [0.1, 0.15) is 12.0 Å². The van der Waals surface area contributed by atoms with Crippen molar-refractivity contribution in [3.8, 4) is 50.2 Å². The summed E-state index contributed by atoms with van der Waals surface area (Å²) in [6.07, 6.45) is 1.95. The monoisotopic (exact) mass is 672 g/mol. The van der Waals surface area contributed by atoms with Gasteiger partial charge in [-0.1, -0.05) is 141 Å². The maximum Gasteiger partial charge on any atom is 0.114 e. The van der Waals surface area contributed by atoms with Crippen LogP contribution in [0, 0.1) is 0 Å². The van der Waals surface area contributed by atoms with Crippen LogP contribution in [0.2, 0.25) is 0 Å². The molecular formula is C48H40N4. The lowest BCUT2D eigenvalue weighted by Crippen LogP contribution is -2.30. The second-order valence-electron chi connectivity index (χ2n) is 13.4. The molecule has 0 spiro atoms. The molecule has 8 aromatic rings. The second-order valence-corrected chi connectivity index (χ2v) is 13.4. The first-order chi connectivity index (χ1) is 25.7. The Labute approximate surface area is 305 Å². The fourth-order valence-corrected chi connectivity index (χ4v) is 7.99. The largest absolute Gasteiger partial charge is 0.363 e. The van der Waals surface area contributed by atoms with Crippen molar-refractivity contribution in [2.45, 2.75) is 32.9 Å². The highest BCUT2D eigenvalue weighted by molar-refractivity contribution is 6.04. The molecule has 7 aromatic carbocycles. The van der Waals surface area contributed by atoms with Crippen LogP contribution in [0.15, 0.2) is 170 Å². The molecule has 0 saturated heterocycles. The number of benzene rings is 7. The van der Waals surface area contributed by atoms with Gasteiger partial charge in [-0.3, -0.25) is 4.57 Å². The van der Waals surface area contributed by atoms with Gasteiger partial charge in [0.25, 0.3) is 0 Å². The Morgan fingerprint density at radius 2 is 1.15 bits per heavy atom. The summed E-state index contributed by atoms with van der Waals surface area (Å²) in [6, 6.07) is 61.4. The second kappa shape index (κ2) is 13.4. The molecule has 0 fully saturated rings. The van der Waals surface area contributed by atoms with Crippen molar-refractivity contribution >= 4 is 28.1 Å². The fraction of sp³-hybridized carbons (Fsp3) is 0.104. The van der Waals surface area contributed by atoms with Crippen molar-refractivity contribution in [2.75, 3.05) is 10.2 Å². The summed E-state index contributed by atoms with van der Waals surface area (Å²) in [6.45, 7) is 4.44. The molecule has 0 bridgehead atoms. The normalized spacial score (nSPS) is 13.7. The van der Waals surface area contributed by atoms with Crippen molar-refractivity contribution < 1.29 is 0 Å². The number of para-hydroxylation sites is 5. The zero-order chi connectivity index (χ0) is 35.0. The number of imidazole rings is 1. The van der Waals surface area contributed by atoms with Gasteiger partial charge in [-0.05, 0) is 82.3 Å². The molecule has 0 amide bonds. The first-order valence-corrected chi connectivity index (χ1v) is 18.3. The van der Waals surface area contributed by atoms with E-state index in [1.807, 2.05) is 0 Å². The highest BCUT2D eigenvalue weighted by Crippen LogP contribution is 2.49. The third-order valence-electron chi connectivity index (χ3n) is 10.3. The van der Waals surface area contributed by atoms with Crippen LogP contribution in [0.4, 0.5) is 17.1 Å². The Hall–Kier alpha value is -6.39. The van der Waals surface area contributed by atoms with Gasteiger partial charge >= 0.3 is 0 Å². The van der Waals surface area contributed by atoms with Crippen LogP contribution in [0.5, 0.6) is 0 Å². The van der Waals surface area contributed by atoms with E-state index in [2.05, 4.69) is 198 Å². The van der Waals surface area contributed by atoms with Gasteiger partial charge in [0, 0.05) is 23.2 Å². The minimum absolute atomic E-state index is 0.166. The zero-order valence-electron chi connectivity index (χ0n) is 29.5. The van der Waals surface area contributed by atoms with Crippen LogP contribution in [-0.4, -0.2) is 15.7 Å². The minimum Gasteiger partial charge on any atom is -0.363 e. The molecule has 1 unspecified atom stereocenters. The lowest BCUT2D eigenvalue weighted by Gasteiger charge is -2.28. The molecule has 1 atom stereocenters. The Balaban J connectivity index is 1.37. The molecule has 1 aliphatic rings. The number of hydrogen-bond acceptors (Lipinski definition) is 3. The molecule has 252 valence electrons. The van der Waals surface area contributed by atoms with Gasteiger partial charge in [0.15, 0.2) is 0 Å². The number of aromatic nitrogens is 2. The Bertz CT molecular complexity index is 2530. The number of hydrogen-bond donors (Lipinski definition) is 1. The SMILES string of the molecule is CCc1nc2ccccc2n1-c1ccccc1-c1c(-c2ccccc2)ccc(-c2ccccc2)c1-c1cccc(N2c3ccccc3NC2CC)c1. The molecule has 1 aliphatic heterocycles. The predicted octanol–water partition coefficient (Wildman–Crippen LogP) is 12.6. The van der Waals surface area contributed by atoms with Crippen LogP contribution in [-0.2, 0) is 6.42 Å². The molecule has 0 radical (unpaired) electrons. The number of nitrogens with zero attached hydrogens (tertiary/aromatic N) is 3. The van der Waals surface area contributed by atoms with Crippen molar-refractivity contribution in [2.24, 2.45) is 0 Å². The third-order valence-corrected chi connectivity index (χ3v) is 10.3. The van der Waals surface area contributed by atoms with Crippen molar-refractivity contribution in [1.29, 1.82) is 0 Å². The van der Waals surface area contributed by atoms with E-state index in [-0.39, 0.29) is 6.17 Å². The molecule has 0 aliphatic carbocycles. The molecule has 1 aromatic heterocycles. The predicted molar refractivity (Wildman–Crippen MR) is 218 cm³/mol. The smallest absolute Gasteiger partial charge is 0.114 e. The average molecular weight is 673 g/mol. The van der Waals surface area contributed by atoms with E-state index < -0.39 is 0 Å². The standard InChI is InChI=1S/C48H40N4/c1-3-45-49-40-25-12-15-28-43(40)51(45)36-23-17-22-35(32-36)47-37(33-18-7-5-8-19-33)30-31-38(34-20-9-6-10-21-34)48(47)39-24-11-14-27-42(39)52-44-29-16-13-26-41(44)50-46(52)4-2/h5-32,45,49H,3-4H2,1-2H3. The number of fused-ring (bicyclic) bond motifs is 2. The summed E-state index contributed by atoms with van der Waals surface area (Å²) in [5.41, 5.74) is 16.3. The van der Waals surface area contributed by atoms with E-state index >= 15 is 0 Å². The van der Waals surface area contributed by atoms with E-state index in [4.69, 9.17) is 4.98 Å².